The first-order valence-electron chi connectivity index (χ1n) is 8.01. The van der Waals surface area contributed by atoms with Gasteiger partial charge in [-0.2, -0.15) is 4.31 Å². The van der Waals surface area contributed by atoms with Gasteiger partial charge in [0.2, 0.25) is 15.9 Å². The SMILES string of the molecule is CN(CC(=O)N(Cc1cccnc1)c1nc2c(F)cc(F)cc2s1)S(C)(=O)=O. The zero-order chi connectivity index (χ0) is 20.5. The number of anilines is 1. The van der Waals surface area contributed by atoms with Gasteiger partial charge in [0, 0.05) is 25.5 Å². The number of pyridine rings is 1. The van der Waals surface area contributed by atoms with E-state index in [9.17, 15) is 22.0 Å². The van der Waals surface area contributed by atoms with Crippen molar-refractivity contribution in [2.75, 3.05) is 24.7 Å². The summed E-state index contributed by atoms with van der Waals surface area (Å²) in [4.78, 5) is 22.2. The lowest BCUT2D eigenvalue weighted by atomic mass is 10.2. The fourth-order valence-electron chi connectivity index (χ4n) is 2.39. The standard InChI is InChI=1S/C17H16F2N4O3S2/c1-22(28(2,25)26)10-15(24)23(9-11-4-3-5-20-8-11)17-21-16-13(19)6-12(18)7-14(16)27-17/h3-8H,9-10H2,1-2H3. The second kappa shape index (κ2) is 7.86. The van der Waals surface area contributed by atoms with E-state index in [1.165, 1.54) is 11.9 Å². The molecule has 2 aromatic heterocycles. The van der Waals surface area contributed by atoms with Gasteiger partial charge in [-0.3, -0.25) is 14.7 Å². The Balaban J connectivity index is 2.00. The molecule has 7 nitrogen and oxygen atoms in total. The van der Waals surface area contributed by atoms with E-state index in [4.69, 9.17) is 0 Å². The molecule has 0 N–H and O–H groups in total. The predicted octanol–water partition coefficient (Wildman–Crippen LogP) is 2.39. The maximum Gasteiger partial charge on any atom is 0.244 e. The minimum atomic E-state index is -3.58. The number of halogens is 2. The minimum Gasteiger partial charge on any atom is -0.282 e. The third-order valence-electron chi connectivity index (χ3n) is 3.92. The van der Waals surface area contributed by atoms with Crippen LogP contribution in [-0.2, 0) is 21.4 Å². The Labute approximate surface area is 164 Å². The Morgan fingerprint density at radius 3 is 2.68 bits per heavy atom. The number of carbonyl (C=O) groups excluding carboxylic acids is 1. The van der Waals surface area contributed by atoms with E-state index in [0.717, 1.165) is 34.0 Å². The van der Waals surface area contributed by atoms with Gasteiger partial charge in [0.05, 0.1) is 24.0 Å². The van der Waals surface area contributed by atoms with E-state index in [2.05, 4.69) is 9.97 Å². The van der Waals surface area contributed by atoms with Gasteiger partial charge in [0.1, 0.15) is 11.3 Å². The van der Waals surface area contributed by atoms with Crippen LogP contribution in [0, 0.1) is 11.6 Å². The summed E-state index contributed by atoms with van der Waals surface area (Å²) < 4.78 is 52.0. The summed E-state index contributed by atoms with van der Waals surface area (Å²) in [5.41, 5.74) is 0.616. The van der Waals surface area contributed by atoms with E-state index in [-0.39, 0.29) is 21.9 Å². The Hall–Kier alpha value is -2.50. The second-order valence-corrected chi connectivity index (χ2v) is 9.19. The van der Waals surface area contributed by atoms with Gasteiger partial charge in [0.15, 0.2) is 10.9 Å². The molecule has 1 amide bonds. The number of sulfonamides is 1. The molecule has 1 aromatic carbocycles. The number of aromatic nitrogens is 2. The van der Waals surface area contributed by atoms with Crippen LogP contribution < -0.4 is 4.90 Å². The van der Waals surface area contributed by atoms with Crippen LogP contribution in [0.5, 0.6) is 0 Å². The molecule has 3 aromatic rings. The summed E-state index contributed by atoms with van der Waals surface area (Å²) in [6, 6.07) is 5.28. The summed E-state index contributed by atoms with van der Waals surface area (Å²) in [5.74, 6) is -2.14. The molecule has 0 atom stereocenters. The van der Waals surface area contributed by atoms with E-state index in [0.29, 0.717) is 5.56 Å². The van der Waals surface area contributed by atoms with Crippen molar-refractivity contribution in [1.29, 1.82) is 0 Å². The van der Waals surface area contributed by atoms with Crippen molar-refractivity contribution in [1.82, 2.24) is 14.3 Å². The third-order valence-corrected chi connectivity index (χ3v) is 6.21. The van der Waals surface area contributed by atoms with Gasteiger partial charge in [-0.1, -0.05) is 17.4 Å². The molecule has 0 fully saturated rings. The quantitative estimate of drug-likeness (QED) is 0.604. The number of nitrogens with zero attached hydrogens (tertiary/aromatic N) is 4. The van der Waals surface area contributed by atoms with Gasteiger partial charge in [-0.15, -0.1) is 0 Å². The van der Waals surface area contributed by atoms with E-state index in [1.807, 2.05) is 0 Å². The molecule has 11 heteroatoms. The van der Waals surface area contributed by atoms with Crippen LogP contribution in [0.4, 0.5) is 13.9 Å². The summed E-state index contributed by atoms with van der Waals surface area (Å²) in [7, 11) is -2.30. The molecule has 0 aliphatic heterocycles. The molecule has 2 heterocycles. The van der Waals surface area contributed by atoms with Crippen LogP contribution in [0.25, 0.3) is 10.2 Å². The number of fused-ring (bicyclic) bond motifs is 1. The smallest absolute Gasteiger partial charge is 0.244 e. The first kappa shape index (κ1) is 20.2. The topological polar surface area (TPSA) is 83.5 Å². The fraction of sp³-hybridized carbons (Fsp3) is 0.235. The average Bonchev–Trinajstić information content (AvgIpc) is 3.03. The van der Waals surface area contributed by atoms with Crippen molar-refractivity contribution >= 4 is 42.6 Å². The molecule has 0 spiro atoms. The number of amides is 1. The van der Waals surface area contributed by atoms with E-state index < -0.39 is 34.1 Å². The monoisotopic (exact) mass is 426 g/mol. The normalized spacial score (nSPS) is 11.9. The third kappa shape index (κ3) is 4.49. The van der Waals surface area contributed by atoms with Gasteiger partial charge >= 0.3 is 0 Å². The molecule has 0 saturated carbocycles. The molecule has 148 valence electrons. The van der Waals surface area contributed by atoms with Crippen molar-refractivity contribution in [3.63, 3.8) is 0 Å². The molecule has 0 saturated heterocycles. The molecule has 0 bridgehead atoms. The number of thiazole rings is 1. The van der Waals surface area contributed by atoms with Crippen molar-refractivity contribution in [2.45, 2.75) is 6.54 Å². The Morgan fingerprint density at radius 1 is 1.29 bits per heavy atom. The lowest BCUT2D eigenvalue weighted by Gasteiger charge is -2.22. The van der Waals surface area contributed by atoms with Crippen LogP contribution in [0.2, 0.25) is 0 Å². The van der Waals surface area contributed by atoms with Crippen molar-refractivity contribution < 1.29 is 22.0 Å². The number of hydrogen-bond donors (Lipinski definition) is 0. The molecule has 3 rings (SSSR count). The zero-order valence-corrected chi connectivity index (χ0v) is 16.6. The average molecular weight is 426 g/mol. The predicted molar refractivity (Wildman–Crippen MR) is 102 cm³/mol. The van der Waals surface area contributed by atoms with Crippen molar-refractivity contribution in [3.05, 3.63) is 53.9 Å². The molecule has 0 unspecified atom stereocenters. The van der Waals surface area contributed by atoms with Crippen LogP contribution in [0.15, 0.2) is 36.7 Å². The number of benzene rings is 1. The number of rotatable bonds is 6. The van der Waals surface area contributed by atoms with Crippen LogP contribution in [0.3, 0.4) is 0 Å². The van der Waals surface area contributed by atoms with Crippen molar-refractivity contribution in [3.8, 4) is 0 Å². The van der Waals surface area contributed by atoms with E-state index in [1.54, 1.807) is 24.5 Å². The Morgan fingerprint density at radius 2 is 2.04 bits per heavy atom. The fourth-order valence-corrected chi connectivity index (χ4v) is 3.76. The number of carbonyl (C=O) groups is 1. The summed E-state index contributed by atoms with van der Waals surface area (Å²) in [6.45, 7) is -0.375. The largest absolute Gasteiger partial charge is 0.282 e. The van der Waals surface area contributed by atoms with Gasteiger partial charge in [-0.05, 0) is 17.7 Å². The molecule has 28 heavy (non-hydrogen) atoms. The first-order valence-corrected chi connectivity index (χ1v) is 10.7. The highest BCUT2D eigenvalue weighted by Gasteiger charge is 2.25. The maximum atomic E-state index is 14.0. The highest BCUT2D eigenvalue weighted by atomic mass is 32.2. The van der Waals surface area contributed by atoms with Crippen LogP contribution in [0.1, 0.15) is 5.56 Å². The highest BCUT2D eigenvalue weighted by molar-refractivity contribution is 7.88. The molecule has 0 aliphatic carbocycles. The summed E-state index contributed by atoms with van der Waals surface area (Å²) in [5, 5.41) is 0.134. The number of likely N-dealkylation sites (N-methyl/N-ethyl adjacent to an activating group) is 1. The van der Waals surface area contributed by atoms with Crippen LogP contribution in [-0.4, -0.2) is 48.4 Å². The highest BCUT2D eigenvalue weighted by Crippen LogP contribution is 2.32. The molecular formula is C17H16F2N4O3S2. The lowest BCUT2D eigenvalue weighted by molar-refractivity contribution is -0.118. The Bertz CT molecular complexity index is 1120. The van der Waals surface area contributed by atoms with Crippen LogP contribution >= 0.6 is 11.3 Å². The number of hydrogen-bond acceptors (Lipinski definition) is 6. The lowest BCUT2D eigenvalue weighted by Crippen LogP contribution is -2.40. The van der Waals surface area contributed by atoms with Gasteiger partial charge in [-0.25, -0.2) is 22.2 Å². The van der Waals surface area contributed by atoms with Crippen molar-refractivity contribution in [2.24, 2.45) is 0 Å². The summed E-state index contributed by atoms with van der Waals surface area (Å²) >= 11 is 0.941. The van der Waals surface area contributed by atoms with E-state index >= 15 is 0 Å². The molecular weight excluding hydrogens is 410 g/mol. The summed E-state index contributed by atoms with van der Waals surface area (Å²) in [6.07, 6.45) is 4.11. The minimum absolute atomic E-state index is 0.0498. The Kier molecular flexibility index (Phi) is 5.68. The zero-order valence-electron chi connectivity index (χ0n) is 15.0. The van der Waals surface area contributed by atoms with Gasteiger partial charge in [0.25, 0.3) is 0 Å². The molecule has 0 aliphatic rings. The van der Waals surface area contributed by atoms with Gasteiger partial charge < -0.3 is 0 Å². The second-order valence-electron chi connectivity index (χ2n) is 6.09. The first-order chi connectivity index (χ1) is 13.1. The maximum absolute atomic E-state index is 14.0. The molecule has 0 radical (unpaired) electrons.